The lowest BCUT2D eigenvalue weighted by atomic mass is 9.91. The van der Waals surface area contributed by atoms with Crippen molar-refractivity contribution in [2.24, 2.45) is 11.8 Å². The maximum atomic E-state index is 12.8. The summed E-state index contributed by atoms with van der Waals surface area (Å²) in [6.45, 7) is 2.29. The van der Waals surface area contributed by atoms with Gasteiger partial charge in [0.15, 0.2) is 0 Å². The molecular weight excluding hydrogens is 223 g/mol. The molecule has 3 unspecified atom stereocenters. The van der Waals surface area contributed by atoms with E-state index >= 15 is 0 Å². The molecule has 0 bridgehead atoms. The Morgan fingerprint density at radius 1 is 1.31 bits per heavy atom. The van der Waals surface area contributed by atoms with E-state index in [1.165, 1.54) is 31.4 Å². The molecule has 16 heavy (non-hydrogen) atoms. The number of benzene rings is 1. The first-order chi connectivity index (χ1) is 7.66. The lowest BCUT2D eigenvalue weighted by molar-refractivity contribution is 0.398. The molecule has 0 amide bonds. The summed E-state index contributed by atoms with van der Waals surface area (Å²) in [7, 11) is 0. The van der Waals surface area contributed by atoms with Gasteiger partial charge < -0.3 is 0 Å². The highest BCUT2D eigenvalue weighted by Gasteiger charge is 2.29. The monoisotopic (exact) mass is 240 g/mol. The first-order valence-corrected chi connectivity index (χ1v) is 6.49. The summed E-state index contributed by atoms with van der Waals surface area (Å²) < 4.78 is 12.8. The predicted octanol–water partition coefficient (Wildman–Crippen LogP) is 4.41. The van der Waals surface area contributed by atoms with E-state index in [9.17, 15) is 4.39 Å². The Morgan fingerprint density at radius 2 is 2.00 bits per heavy atom. The molecule has 0 radical (unpaired) electrons. The molecular formula is C14H18ClF. The van der Waals surface area contributed by atoms with Gasteiger partial charge in [0, 0.05) is 5.38 Å². The van der Waals surface area contributed by atoms with Gasteiger partial charge in [-0.05, 0) is 42.4 Å². The van der Waals surface area contributed by atoms with Crippen molar-refractivity contribution in [3.8, 4) is 0 Å². The summed E-state index contributed by atoms with van der Waals surface area (Å²) in [6, 6.07) is 6.70. The number of rotatable bonds is 3. The van der Waals surface area contributed by atoms with Crippen LogP contribution >= 0.6 is 11.6 Å². The second-order valence-electron chi connectivity index (χ2n) is 4.92. The fourth-order valence-corrected chi connectivity index (χ4v) is 3.26. The summed E-state index contributed by atoms with van der Waals surface area (Å²) in [5.41, 5.74) is 1.14. The van der Waals surface area contributed by atoms with Crippen LogP contribution in [0.4, 0.5) is 4.39 Å². The zero-order chi connectivity index (χ0) is 11.5. The van der Waals surface area contributed by atoms with Gasteiger partial charge in [0.1, 0.15) is 5.82 Å². The lowest BCUT2D eigenvalue weighted by Gasteiger charge is -2.21. The molecule has 0 heterocycles. The van der Waals surface area contributed by atoms with Gasteiger partial charge in [-0.25, -0.2) is 4.39 Å². The highest BCUT2D eigenvalue weighted by atomic mass is 35.5. The second kappa shape index (κ2) is 5.18. The molecule has 2 heteroatoms. The molecule has 0 N–H and O–H groups in total. The SMILES string of the molecule is CC1CCCC1C(Cl)Cc1ccc(F)cc1. The molecule has 1 aromatic rings. The lowest BCUT2D eigenvalue weighted by Crippen LogP contribution is -2.19. The van der Waals surface area contributed by atoms with Crippen LogP contribution in [-0.4, -0.2) is 5.38 Å². The fourth-order valence-electron chi connectivity index (χ4n) is 2.71. The Bertz CT molecular complexity index is 333. The maximum absolute atomic E-state index is 12.8. The van der Waals surface area contributed by atoms with Crippen molar-refractivity contribution in [3.05, 3.63) is 35.6 Å². The molecule has 0 aromatic heterocycles. The largest absolute Gasteiger partial charge is 0.207 e. The van der Waals surface area contributed by atoms with Crippen molar-refractivity contribution in [3.63, 3.8) is 0 Å². The molecule has 1 saturated carbocycles. The zero-order valence-electron chi connectivity index (χ0n) is 9.63. The zero-order valence-corrected chi connectivity index (χ0v) is 10.4. The van der Waals surface area contributed by atoms with E-state index in [0.29, 0.717) is 5.92 Å². The van der Waals surface area contributed by atoms with E-state index in [0.717, 1.165) is 17.9 Å². The summed E-state index contributed by atoms with van der Waals surface area (Å²) in [6.07, 6.45) is 4.71. The van der Waals surface area contributed by atoms with Crippen LogP contribution in [0.1, 0.15) is 31.7 Å². The van der Waals surface area contributed by atoms with E-state index in [2.05, 4.69) is 6.92 Å². The van der Waals surface area contributed by atoms with E-state index < -0.39 is 0 Å². The quantitative estimate of drug-likeness (QED) is 0.687. The molecule has 88 valence electrons. The molecule has 1 fully saturated rings. The normalized spacial score (nSPS) is 26.9. The third kappa shape index (κ3) is 2.76. The van der Waals surface area contributed by atoms with Gasteiger partial charge in [-0.3, -0.25) is 0 Å². The third-order valence-electron chi connectivity index (χ3n) is 3.74. The first-order valence-electron chi connectivity index (χ1n) is 6.05. The summed E-state index contributed by atoms with van der Waals surface area (Å²) in [4.78, 5) is 0. The smallest absolute Gasteiger partial charge is 0.123 e. The van der Waals surface area contributed by atoms with E-state index in [-0.39, 0.29) is 11.2 Å². The van der Waals surface area contributed by atoms with Crippen LogP contribution in [0.3, 0.4) is 0 Å². The molecule has 0 nitrogen and oxygen atoms in total. The highest BCUT2D eigenvalue weighted by molar-refractivity contribution is 6.21. The third-order valence-corrected chi connectivity index (χ3v) is 4.21. The van der Waals surface area contributed by atoms with Crippen LogP contribution in [-0.2, 0) is 6.42 Å². The Kier molecular flexibility index (Phi) is 3.86. The Morgan fingerprint density at radius 3 is 2.56 bits per heavy atom. The number of hydrogen-bond acceptors (Lipinski definition) is 0. The summed E-state index contributed by atoms with van der Waals surface area (Å²) >= 11 is 6.46. The minimum Gasteiger partial charge on any atom is -0.207 e. The van der Waals surface area contributed by atoms with Crippen LogP contribution in [0.5, 0.6) is 0 Å². The van der Waals surface area contributed by atoms with Crippen molar-refractivity contribution < 1.29 is 4.39 Å². The van der Waals surface area contributed by atoms with Crippen molar-refractivity contribution >= 4 is 11.6 Å². The minimum absolute atomic E-state index is 0.177. The number of hydrogen-bond donors (Lipinski definition) is 0. The van der Waals surface area contributed by atoms with Gasteiger partial charge in [-0.1, -0.05) is 31.9 Å². The van der Waals surface area contributed by atoms with E-state index in [4.69, 9.17) is 11.6 Å². The fraction of sp³-hybridized carbons (Fsp3) is 0.571. The Hall–Kier alpha value is -0.560. The average Bonchev–Trinajstić information content (AvgIpc) is 2.68. The van der Waals surface area contributed by atoms with E-state index in [1.807, 2.05) is 12.1 Å². The molecule has 0 spiro atoms. The van der Waals surface area contributed by atoms with Crippen molar-refractivity contribution in [1.82, 2.24) is 0 Å². The molecule has 1 aromatic carbocycles. The molecule has 0 saturated heterocycles. The molecule has 1 aliphatic rings. The van der Waals surface area contributed by atoms with Crippen LogP contribution in [0, 0.1) is 17.7 Å². The molecule has 0 aliphatic heterocycles. The van der Waals surface area contributed by atoms with Gasteiger partial charge in [0.2, 0.25) is 0 Å². The van der Waals surface area contributed by atoms with Gasteiger partial charge >= 0.3 is 0 Å². The number of alkyl halides is 1. The minimum atomic E-state index is -0.177. The van der Waals surface area contributed by atoms with Gasteiger partial charge in [-0.2, -0.15) is 0 Å². The van der Waals surface area contributed by atoms with Gasteiger partial charge in [0.25, 0.3) is 0 Å². The highest BCUT2D eigenvalue weighted by Crippen LogP contribution is 2.37. The topological polar surface area (TPSA) is 0 Å². The number of halogens is 2. The van der Waals surface area contributed by atoms with Crippen LogP contribution in [0.15, 0.2) is 24.3 Å². The molecule has 1 aliphatic carbocycles. The molecule has 2 rings (SSSR count). The van der Waals surface area contributed by atoms with Crippen LogP contribution in [0.25, 0.3) is 0 Å². The average molecular weight is 241 g/mol. The van der Waals surface area contributed by atoms with E-state index in [1.54, 1.807) is 0 Å². The standard InChI is InChI=1S/C14H18ClF/c1-10-3-2-4-13(10)14(15)9-11-5-7-12(16)8-6-11/h5-8,10,13-14H,2-4,9H2,1H3. The van der Waals surface area contributed by atoms with Gasteiger partial charge in [-0.15, -0.1) is 11.6 Å². The summed E-state index contributed by atoms with van der Waals surface area (Å²) in [5, 5.41) is 0.197. The van der Waals surface area contributed by atoms with Crippen molar-refractivity contribution in [1.29, 1.82) is 0 Å². The second-order valence-corrected chi connectivity index (χ2v) is 5.48. The maximum Gasteiger partial charge on any atom is 0.123 e. The van der Waals surface area contributed by atoms with Crippen LogP contribution < -0.4 is 0 Å². The summed E-state index contributed by atoms with van der Waals surface area (Å²) in [5.74, 6) is 1.19. The van der Waals surface area contributed by atoms with Crippen molar-refractivity contribution in [2.45, 2.75) is 38.0 Å². The van der Waals surface area contributed by atoms with Gasteiger partial charge in [0.05, 0.1) is 0 Å². The van der Waals surface area contributed by atoms with Crippen LogP contribution in [0.2, 0.25) is 0 Å². The predicted molar refractivity (Wildman–Crippen MR) is 66.3 cm³/mol. The first kappa shape index (κ1) is 11.9. The molecule has 3 atom stereocenters. The van der Waals surface area contributed by atoms with Crippen molar-refractivity contribution in [2.75, 3.05) is 0 Å². The Balaban J connectivity index is 1.96. The Labute approximate surface area is 102 Å².